The summed E-state index contributed by atoms with van der Waals surface area (Å²) in [6.45, 7) is 9.32. The molecule has 0 heterocycles. The van der Waals surface area contributed by atoms with Gasteiger partial charge in [-0.3, -0.25) is 0 Å². The van der Waals surface area contributed by atoms with Crippen LogP contribution < -0.4 is 0 Å². The van der Waals surface area contributed by atoms with E-state index in [2.05, 4.69) is 39.8 Å². The lowest BCUT2D eigenvalue weighted by Gasteiger charge is -2.17. The molecule has 0 aromatic carbocycles. The second-order valence-electron chi connectivity index (χ2n) is 7.54. The van der Waals surface area contributed by atoms with E-state index in [9.17, 15) is 0 Å². The van der Waals surface area contributed by atoms with Crippen LogP contribution in [0.15, 0.2) is 12.2 Å². The molecule has 0 aliphatic rings. The molecule has 0 aliphatic carbocycles. The van der Waals surface area contributed by atoms with Crippen LogP contribution >= 0.6 is 0 Å². The first-order chi connectivity index (χ1) is 9.56. The molecule has 0 heteroatoms. The van der Waals surface area contributed by atoms with E-state index >= 15 is 0 Å². The average Bonchev–Trinajstić information content (AvgIpc) is 2.38. The van der Waals surface area contributed by atoms with Crippen molar-refractivity contribution in [3.63, 3.8) is 0 Å². The van der Waals surface area contributed by atoms with Crippen LogP contribution in [0.1, 0.15) is 111 Å². The summed E-state index contributed by atoms with van der Waals surface area (Å²) in [5.41, 5.74) is 0.525. The summed E-state index contributed by atoms with van der Waals surface area (Å²) in [4.78, 5) is 0. The maximum Gasteiger partial charge on any atom is -0.0351 e. The van der Waals surface area contributed by atoms with Crippen molar-refractivity contribution in [2.75, 3.05) is 0 Å². The standard InChI is InChI=1S/C20H40/c1-5-6-7-8-9-10-11-12-13-14-15-16-17-18-19-20(2,3)4/h12-13H,5-11,14-19H2,1-4H3/b13-12-. The molecule has 0 aromatic heterocycles. The first-order valence-electron chi connectivity index (χ1n) is 9.21. The monoisotopic (exact) mass is 280 g/mol. The van der Waals surface area contributed by atoms with Gasteiger partial charge >= 0.3 is 0 Å². The van der Waals surface area contributed by atoms with Gasteiger partial charge in [-0.05, 0) is 37.5 Å². The summed E-state index contributed by atoms with van der Waals surface area (Å²) in [6, 6.07) is 0. The minimum Gasteiger partial charge on any atom is -0.0885 e. The molecule has 0 fully saturated rings. The van der Waals surface area contributed by atoms with Crippen molar-refractivity contribution in [1.29, 1.82) is 0 Å². The van der Waals surface area contributed by atoms with E-state index in [0.29, 0.717) is 5.41 Å². The Morgan fingerprint density at radius 2 is 1.05 bits per heavy atom. The predicted octanol–water partition coefficient (Wildman–Crippen LogP) is 7.68. The maximum atomic E-state index is 2.41. The highest BCUT2D eigenvalue weighted by Crippen LogP contribution is 2.22. The Morgan fingerprint density at radius 1 is 0.600 bits per heavy atom. The Bertz CT molecular complexity index is 207. The predicted molar refractivity (Wildman–Crippen MR) is 94.3 cm³/mol. The lowest BCUT2D eigenvalue weighted by Crippen LogP contribution is -2.03. The van der Waals surface area contributed by atoms with Crippen LogP contribution in [0.3, 0.4) is 0 Å². The molecular weight excluding hydrogens is 240 g/mol. The Labute approximate surface area is 129 Å². The van der Waals surface area contributed by atoms with Gasteiger partial charge in [-0.2, -0.15) is 0 Å². The van der Waals surface area contributed by atoms with Crippen molar-refractivity contribution in [2.24, 2.45) is 5.41 Å². The molecule has 0 amide bonds. The first kappa shape index (κ1) is 19.7. The van der Waals surface area contributed by atoms with E-state index in [0.717, 1.165) is 0 Å². The van der Waals surface area contributed by atoms with Crippen LogP contribution in [0.2, 0.25) is 0 Å². The summed E-state index contributed by atoms with van der Waals surface area (Å²) in [5.74, 6) is 0. The molecular formula is C20H40. The number of hydrogen-bond acceptors (Lipinski definition) is 0. The third-order valence-corrected chi connectivity index (χ3v) is 3.94. The van der Waals surface area contributed by atoms with Gasteiger partial charge in [0.15, 0.2) is 0 Å². The zero-order chi connectivity index (χ0) is 15.1. The first-order valence-corrected chi connectivity index (χ1v) is 9.21. The average molecular weight is 281 g/mol. The SMILES string of the molecule is CCCCCCCC/C=C\CCCCCCC(C)(C)C. The second kappa shape index (κ2) is 13.7. The molecule has 0 atom stereocenters. The van der Waals surface area contributed by atoms with E-state index in [1.165, 1.54) is 83.5 Å². The molecule has 0 saturated carbocycles. The van der Waals surface area contributed by atoms with Crippen molar-refractivity contribution in [1.82, 2.24) is 0 Å². The highest BCUT2D eigenvalue weighted by atomic mass is 14.1. The molecule has 0 N–H and O–H groups in total. The van der Waals surface area contributed by atoms with Crippen molar-refractivity contribution >= 4 is 0 Å². The zero-order valence-corrected chi connectivity index (χ0v) is 14.8. The Hall–Kier alpha value is -0.260. The highest BCUT2D eigenvalue weighted by molar-refractivity contribution is 4.81. The summed E-state index contributed by atoms with van der Waals surface area (Å²) in [6.07, 6.45) is 22.9. The van der Waals surface area contributed by atoms with Gasteiger partial charge in [0.1, 0.15) is 0 Å². The number of rotatable bonds is 13. The Morgan fingerprint density at radius 3 is 1.55 bits per heavy atom. The van der Waals surface area contributed by atoms with Gasteiger partial charge in [-0.1, -0.05) is 91.2 Å². The highest BCUT2D eigenvalue weighted by Gasteiger charge is 2.08. The smallest absolute Gasteiger partial charge is 0.0351 e. The number of allylic oxidation sites excluding steroid dienone is 2. The van der Waals surface area contributed by atoms with Crippen LogP contribution in [-0.2, 0) is 0 Å². The molecule has 0 aliphatic heterocycles. The topological polar surface area (TPSA) is 0 Å². The van der Waals surface area contributed by atoms with Crippen molar-refractivity contribution in [3.05, 3.63) is 12.2 Å². The van der Waals surface area contributed by atoms with Gasteiger partial charge in [0.05, 0.1) is 0 Å². The van der Waals surface area contributed by atoms with Crippen LogP contribution in [0, 0.1) is 5.41 Å². The molecule has 0 unspecified atom stereocenters. The molecule has 0 spiro atoms. The molecule has 0 nitrogen and oxygen atoms in total. The lowest BCUT2D eigenvalue weighted by atomic mass is 9.89. The zero-order valence-electron chi connectivity index (χ0n) is 14.8. The van der Waals surface area contributed by atoms with Gasteiger partial charge < -0.3 is 0 Å². The third kappa shape index (κ3) is 17.7. The van der Waals surface area contributed by atoms with Gasteiger partial charge in [0.2, 0.25) is 0 Å². The normalized spacial score (nSPS) is 12.4. The summed E-state index contributed by atoms with van der Waals surface area (Å²) < 4.78 is 0. The Balaban J connectivity index is 3.13. The van der Waals surface area contributed by atoms with Gasteiger partial charge in [-0.15, -0.1) is 0 Å². The maximum absolute atomic E-state index is 2.41. The third-order valence-electron chi connectivity index (χ3n) is 3.94. The molecule has 0 bridgehead atoms. The van der Waals surface area contributed by atoms with E-state index in [1.807, 2.05) is 0 Å². The molecule has 20 heavy (non-hydrogen) atoms. The van der Waals surface area contributed by atoms with Gasteiger partial charge in [0, 0.05) is 0 Å². The van der Waals surface area contributed by atoms with E-state index in [4.69, 9.17) is 0 Å². The van der Waals surface area contributed by atoms with E-state index in [1.54, 1.807) is 0 Å². The van der Waals surface area contributed by atoms with Crippen LogP contribution in [0.5, 0.6) is 0 Å². The number of unbranched alkanes of at least 4 members (excludes halogenated alkanes) is 10. The molecule has 0 saturated heterocycles. The molecule has 120 valence electrons. The van der Waals surface area contributed by atoms with Crippen molar-refractivity contribution in [3.8, 4) is 0 Å². The van der Waals surface area contributed by atoms with Crippen LogP contribution in [0.25, 0.3) is 0 Å². The summed E-state index contributed by atoms with van der Waals surface area (Å²) in [7, 11) is 0. The van der Waals surface area contributed by atoms with Gasteiger partial charge in [0.25, 0.3) is 0 Å². The fourth-order valence-corrected chi connectivity index (χ4v) is 2.55. The second-order valence-corrected chi connectivity index (χ2v) is 7.54. The fourth-order valence-electron chi connectivity index (χ4n) is 2.55. The van der Waals surface area contributed by atoms with E-state index in [-0.39, 0.29) is 0 Å². The molecule has 0 radical (unpaired) electrons. The number of hydrogen-bond donors (Lipinski definition) is 0. The molecule has 0 aromatic rings. The fraction of sp³-hybridized carbons (Fsp3) is 0.900. The Kier molecular flexibility index (Phi) is 13.5. The summed E-state index contributed by atoms with van der Waals surface area (Å²) in [5, 5.41) is 0. The quantitative estimate of drug-likeness (QED) is 0.240. The minimum atomic E-state index is 0.525. The molecule has 0 rings (SSSR count). The largest absolute Gasteiger partial charge is 0.0885 e. The van der Waals surface area contributed by atoms with Crippen LogP contribution in [-0.4, -0.2) is 0 Å². The van der Waals surface area contributed by atoms with Crippen LogP contribution in [0.4, 0.5) is 0 Å². The lowest BCUT2D eigenvalue weighted by molar-refractivity contribution is 0.357. The van der Waals surface area contributed by atoms with Gasteiger partial charge in [-0.25, -0.2) is 0 Å². The van der Waals surface area contributed by atoms with Crippen molar-refractivity contribution in [2.45, 2.75) is 111 Å². The minimum absolute atomic E-state index is 0.525. The summed E-state index contributed by atoms with van der Waals surface area (Å²) >= 11 is 0. The van der Waals surface area contributed by atoms with E-state index < -0.39 is 0 Å². The van der Waals surface area contributed by atoms with Crippen molar-refractivity contribution < 1.29 is 0 Å².